The monoisotopic (exact) mass is 267 g/mol. The van der Waals surface area contributed by atoms with Gasteiger partial charge in [-0.3, -0.25) is 0 Å². The van der Waals surface area contributed by atoms with Gasteiger partial charge in [-0.2, -0.15) is 8.78 Å². The molecule has 0 spiro atoms. The van der Waals surface area contributed by atoms with Gasteiger partial charge in [0.1, 0.15) is 0 Å². The summed E-state index contributed by atoms with van der Waals surface area (Å²) in [6.45, 7) is -1.33. The van der Waals surface area contributed by atoms with Crippen LogP contribution in [0.25, 0.3) is 0 Å². The third kappa shape index (κ3) is 3.49. The molecular formula is C11H13F4NO2. The number of hydrogen-bond acceptors (Lipinski definition) is 3. The van der Waals surface area contributed by atoms with Gasteiger partial charge in [-0.05, 0) is 6.07 Å². The molecule has 102 valence electrons. The maximum Gasteiger partial charge on any atom is 0.319 e. The molecule has 0 amide bonds. The van der Waals surface area contributed by atoms with Crippen molar-refractivity contribution in [3.05, 3.63) is 23.8 Å². The Balaban J connectivity index is 2.60. The average Bonchev–Trinajstić information content (AvgIpc) is 2.31. The van der Waals surface area contributed by atoms with E-state index < -0.39 is 18.9 Å². The lowest BCUT2D eigenvalue weighted by Gasteiger charge is -2.16. The van der Waals surface area contributed by atoms with Crippen LogP contribution in [0.1, 0.15) is 5.56 Å². The third-order valence-electron chi connectivity index (χ3n) is 2.30. The zero-order chi connectivity index (χ0) is 13.8. The van der Waals surface area contributed by atoms with E-state index in [-0.39, 0.29) is 18.0 Å². The Morgan fingerprint density at radius 3 is 2.61 bits per heavy atom. The summed E-state index contributed by atoms with van der Waals surface area (Å²) in [4.78, 5) is 0. The van der Waals surface area contributed by atoms with E-state index in [0.717, 1.165) is 0 Å². The van der Waals surface area contributed by atoms with Gasteiger partial charge in [0.15, 0.2) is 11.5 Å². The number of phenols is 1. The topological polar surface area (TPSA) is 41.5 Å². The molecule has 0 radical (unpaired) electrons. The Morgan fingerprint density at radius 1 is 1.39 bits per heavy atom. The Bertz CT molecular complexity index is 399. The fraction of sp³-hybridized carbons (Fsp3) is 0.455. The molecule has 1 aromatic carbocycles. The minimum atomic E-state index is -4.09. The van der Waals surface area contributed by atoms with Crippen LogP contribution in [0, 0.1) is 0 Å². The van der Waals surface area contributed by atoms with Gasteiger partial charge < -0.3 is 15.2 Å². The molecule has 0 unspecified atom stereocenters. The second-order valence-corrected chi connectivity index (χ2v) is 3.63. The molecule has 0 saturated heterocycles. The van der Waals surface area contributed by atoms with Crippen molar-refractivity contribution in [1.82, 2.24) is 5.32 Å². The molecule has 0 heterocycles. The number of halogens is 4. The number of nitrogens with one attached hydrogen (secondary N) is 1. The SMILES string of the molecule is COc1cccc(CNCC(F)(F)C(F)F)c1O. The molecule has 0 aliphatic carbocycles. The highest BCUT2D eigenvalue weighted by molar-refractivity contribution is 5.45. The van der Waals surface area contributed by atoms with E-state index >= 15 is 0 Å². The van der Waals surface area contributed by atoms with Crippen LogP contribution in [0.5, 0.6) is 11.5 Å². The first-order valence-corrected chi connectivity index (χ1v) is 5.10. The van der Waals surface area contributed by atoms with E-state index in [9.17, 15) is 22.7 Å². The smallest absolute Gasteiger partial charge is 0.319 e. The summed E-state index contributed by atoms with van der Waals surface area (Å²) in [6.07, 6.45) is -3.72. The van der Waals surface area contributed by atoms with E-state index in [1.54, 1.807) is 6.07 Å². The minimum absolute atomic E-state index is 0.161. The van der Waals surface area contributed by atoms with Crippen LogP contribution in [0.3, 0.4) is 0 Å². The van der Waals surface area contributed by atoms with Gasteiger partial charge in [-0.25, -0.2) is 8.78 Å². The lowest BCUT2D eigenvalue weighted by molar-refractivity contribution is -0.125. The van der Waals surface area contributed by atoms with E-state index in [0.29, 0.717) is 5.56 Å². The lowest BCUT2D eigenvalue weighted by atomic mass is 10.2. The van der Waals surface area contributed by atoms with Crippen molar-refractivity contribution in [2.24, 2.45) is 0 Å². The maximum absolute atomic E-state index is 12.6. The number of aromatic hydroxyl groups is 1. The lowest BCUT2D eigenvalue weighted by Crippen LogP contribution is -2.38. The fourth-order valence-corrected chi connectivity index (χ4v) is 1.32. The first-order chi connectivity index (χ1) is 8.38. The Hall–Kier alpha value is -1.50. The molecular weight excluding hydrogens is 254 g/mol. The van der Waals surface area contributed by atoms with Crippen molar-refractivity contribution >= 4 is 0 Å². The molecule has 7 heteroatoms. The van der Waals surface area contributed by atoms with E-state index in [2.05, 4.69) is 5.32 Å². The number of hydrogen-bond donors (Lipinski definition) is 2. The summed E-state index contributed by atoms with van der Waals surface area (Å²) in [5.74, 6) is -4.10. The van der Waals surface area contributed by atoms with Crippen molar-refractivity contribution in [3.8, 4) is 11.5 Å². The number of alkyl halides is 4. The molecule has 0 bridgehead atoms. The number of methoxy groups -OCH3 is 1. The Labute approximate surface area is 101 Å². The normalized spacial score (nSPS) is 11.9. The second kappa shape index (κ2) is 5.90. The van der Waals surface area contributed by atoms with Crippen molar-refractivity contribution in [3.63, 3.8) is 0 Å². The standard InChI is InChI=1S/C11H13F4NO2/c1-18-8-4-2-3-7(9(8)17)5-16-6-11(14,15)10(12)13/h2-4,10,16-17H,5-6H2,1H3. The summed E-state index contributed by atoms with van der Waals surface area (Å²) in [7, 11) is 1.34. The fourth-order valence-electron chi connectivity index (χ4n) is 1.32. The van der Waals surface area contributed by atoms with E-state index in [1.165, 1.54) is 19.2 Å². The molecule has 0 aliphatic rings. The van der Waals surface area contributed by atoms with E-state index in [1.807, 2.05) is 0 Å². The van der Waals surface area contributed by atoms with Crippen molar-refractivity contribution < 1.29 is 27.4 Å². The largest absolute Gasteiger partial charge is 0.504 e. The summed E-state index contributed by atoms with van der Waals surface area (Å²) in [5, 5.41) is 11.8. The predicted molar refractivity (Wildman–Crippen MR) is 57.3 cm³/mol. The molecule has 0 aliphatic heterocycles. The first kappa shape index (κ1) is 14.6. The maximum atomic E-state index is 12.6. The van der Waals surface area contributed by atoms with Crippen molar-refractivity contribution in [2.45, 2.75) is 18.9 Å². The van der Waals surface area contributed by atoms with E-state index in [4.69, 9.17) is 4.74 Å². The highest BCUT2D eigenvalue weighted by Gasteiger charge is 2.40. The highest BCUT2D eigenvalue weighted by Crippen LogP contribution is 2.29. The zero-order valence-corrected chi connectivity index (χ0v) is 9.59. The number of phenolic OH excluding ortho intramolecular Hbond substituents is 1. The molecule has 1 rings (SSSR count). The van der Waals surface area contributed by atoms with Gasteiger partial charge >= 0.3 is 12.3 Å². The van der Waals surface area contributed by atoms with Crippen LogP contribution < -0.4 is 10.1 Å². The predicted octanol–water partition coefficient (Wildman–Crippen LogP) is 2.39. The zero-order valence-electron chi connectivity index (χ0n) is 9.59. The van der Waals surface area contributed by atoms with Crippen molar-refractivity contribution in [1.29, 1.82) is 0 Å². The molecule has 0 aromatic heterocycles. The number of benzene rings is 1. The average molecular weight is 267 g/mol. The third-order valence-corrected chi connectivity index (χ3v) is 2.30. The molecule has 0 saturated carbocycles. The van der Waals surface area contributed by atoms with Crippen LogP contribution in [-0.2, 0) is 6.54 Å². The number of ether oxygens (including phenoxy) is 1. The Morgan fingerprint density at radius 2 is 2.06 bits per heavy atom. The summed E-state index contributed by atoms with van der Waals surface area (Å²) < 4.78 is 53.8. The molecule has 0 fully saturated rings. The molecule has 0 atom stereocenters. The van der Waals surface area contributed by atoms with Crippen LogP contribution in [0.2, 0.25) is 0 Å². The van der Waals surface area contributed by atoms with Crippen LogP contribution in [-0.4, -0.2) is 31.1 Å². The molecule has 1 aromatic rings. The van der Waals surface area contributed by atoms with Gasteiger partial charge in [0.2, 0.25) is 0 Å². The van der Waals surface area contributed by atoms with Gasteiger partial charge in [0, 0.05) is 12.1 Å². The van der Waals surface area contributed by atoms with Gasteiger partial charge in [-0.1, -0.05) is 12.1 Å². The van der Waals surface area contributed by atoms with Crippen LogP contribution in [0.15, 0.2) is 18.2 Å². The second-order valence-electron chi connectivity index (χ2n) is 3.63. The summed E-state index contributed by atoms with van der Waals surface area (Å²) >= 11 is 0. The summed E-state index contributed by atoms with van der Waals surface area (Å²) in [5.41, 5.74) is 0.291. The van der Waals surface area contributed by atoms with Crippen molar-refractivity contribution in [2.75, 3.05) is 13.7 Å². The number of rotatable bonds is 6. The summed E-state index contributed by atoms with van der Waals surface area (Å²) in [6, 6.07) is 4.53. The van der Waals surface area contributed by atoms with Gasteiger partial charge in [0.25, 0.3) is 0 Å². The highest BCUT2D eigenvalue weighted by atomic mass is 19.3. The van der Waals surface area contributed by atoms with Gasteiger partial charge in [0.05, 0.1) is 13.7 Å². The number of para-hydroxylation sites is 1. The molecule has 18 heavy (non-hydrogen) atoms. The Kier molecular flexibility index (Phi) is 4.77. The van der Waals surface area contributed by atoms with Crippen LogP contribution in [0.4, 0.5) is 17.6 Å². The minimum Gasteiger partial charge on any atom is -0.504 e. The quantitative estimate of drug-likeness (QED) is 0.778. The molecule has 3 nitrogen and oxygen atoms in total. The van der Waals surface area contributed by atoms with Gasteiger partial charge in [-0.15, -0.1) is 0 Å². The first-order valence-electron chi connectivity index (χ1n) is 5.10. The molecule has 2 N–H and O–H groups in total. The van der Waals surface area contributed by atoms with Crippen LogP contribution >= 0.6 is 0 Å².